The van der Waals surface area contributed by atoms with Crippen molar-refractivity contribution in [3.63, 3.8) is 0 Å². The molecule has 0 radical (unpaired) electrons. The summed E-state index contributed by atoms with van der Waals surface area (Å²) >= 11 is 1.81. The van der Waals surface area contributed by atoms with E-state index in [9.17, 15) is 4.79 Å². The van der Waals surface area contributed by atoms with Crippen molar-refractivity contribution in [2.75, 3.05) is 18.4 Å². The summed E-state index contributed by atoms with van der Waals surface area (Å²) in [7, 11) is 0. The molecule has 1 unspecified atom stereocenters. The van der Waals surface area contributed by atoms with E-state index in [0.29, 0.717) is 5.92 Å². The van der Waals surface area contributed by atoms with Gasteiger partial charge in [0.2, 0.25) is 5.91 Å². The smallest absolute Gasteiger partial charge is 0.242 e. The molecule has 7 heteroatoms. The van der Waals surface area contributed by atoms with Gasteiger partial charge in [0.25, 0.3) is 0 Å². The lowest BCUT2D eigenvalue weighted by atomic mass is 9.96. The van der Waals surface area contributed by atoms with Crippen LogP contribution in [0.15, 0.2) is 36.5 Å². The lowest BCUT2D eigenvalue weighted by Gasteiger charge is -2.34. The molecule has 0 aliphatic carbocycles. The first-order chi connectivity index (χ1) is 13.5. The Hall–Kier alpha value is -2.25. The predicted octanol–water partition coefficient (Wildman–Crippen LogP) is 4.28. The summed E-state index contributed by atoms with van der Waals surface area (Å²) in [5.41, 5.74) is 1.10. The van der Waals surface area contributed by atoms with Gasteiger partial charge in [-0.15, -0.1) is 11.3 Å². The fourth-order valence-corrected chi connectivity index (χ4v) is 4.96. The number of aromatic nitrogens is 3. The van der Waals surface area contributed by atoms with Crippen molar-refractivity contribution in [1.82, 2.24) is 19.7 Å². The lowest BCUT2D eigenvalue weighted by Crippen LogP contribution is -2.46. The third-order valence-electron chi connectivity index (χ3n) is 5.53. The van der Waals surface area contributed by atoms with E-state index in [1.165, 1.54) is 9.71 Å². The van der Waals surface area contributed by atoms with E-state index in [2.05, 4.69) is 47.4 Å². The van der Waals surface area contributed by atoms with Crippen molar-refractivity contribution in [3.8, 4) is 0 Å². The Labute approximate surface area is 169 Å². The molecule has 2 aromatic heterocycles. The number of fused-ring (bicyclic) bond motifs is 1. The maximum Gasteiger partial charge on any atom is 0.242 e. The van der Waals surface area contributed by atoms with Crippen LogP contribution in [0, 0.1) is 0 Å². The first-order valence-corrected chi connectivity index (χ1v) is 10.8. The van der Waals surface area contributed by atoms with Gasteiger partial charge in [0, 0.05) is 18.0 Å². The average molecular weight is 398 g/mol. The molecule has 1 atom stereocenters. The summed E-state index contributed by atoms with van der Waals surface area (Å²) in [5.74, 6) is 1.28. The molecule has 1 amide bonds. The summed E-state index contributed by atoms with van der Waals surface area (Å²) in [4.78, 5) is 19.9. The van der Waals surface area contributed by atoms with Crippen LogP contribution in [-0.2, 0) is 4.79 Å². The van der Waals surface area contributed by atoms with Crippen molar-refractivity contribution in [3.05, 3.63) is 41.5 Å². The first-order valence-electron chi connectivity index (χ1n) is 9.97. The lowest BCUT2D eigenvalue weighted by molar-refractivity contribution is -0.121. The fraction of sp³-hybridized carbons (Fsp3) is 0.476. The Kier molecular flexibility index (Phi) is 5.46. The third kappa shape index (κ3) is 3.82. The number of hydrogen-bond donors (Lipinski definition) is 1. The number of carbonyl (C=O) groups excluding carboxylic acids is 1. The number of nitrogens with zero attached hydrogens (tertiary/aromatic N) is 4. The van der Waals surface area contributed by atoms with E-state index in [-0.39, 0.29) is 18.0 Å². The van der Waals surface area contributed by atoms with Crippen LogP contribution in [0.3, 0.4) is 0 Å². The highest BCUT2D eigenvalue weighted by Gasteiger charge is 2.29. The molecule has 1 aromatic carbocycles. The summed E-state index contributed by atoms with van der Waals surface area (Å²) in [5, 5.41) is 8.56. The largest absolute Gasteiger partial charge is 0.310 e. The molecule has 3 heterocycles. The molecule has 1 aliphatic heterocycles. The van der Waals surface area contributed by atoms with Crippen LogP contribution in [0.25, 0.3) is 10.2 Å². The molecule has 4 rings (SSSR count). The minimum absolute atomic E-state index is 0.0286. The molecule has 1 aliphatic rings. The summed E-state index contributed by atoms with van der Waals surface area (Å²) < 4.78 is 3.10. The molecular formula is C21H27N5OS. The Morgan fingerprint density at radius 3 is 2.64 bits per heavy atom. The quantitative estimate of drug-likeness (QED) is 0.698. The molecule has 6 nitrogen and oxygen atoms in total. The van der Waals surface area contributed by atoms with E-state index in [1.807, 2.05) is 35.1 Å². The standard InChI is InChI=1S/C21H27N5OS/c1-14(2)26-19(8-11-22-26)24-20(27)15(3)25-12-9-16(10-13-25)21-23-17-6-4-5-7-18(17)28-21/h4-8,11,14-16H,9-10,12-13H2,1-3H3,(H,24,27). The Balaban J connectivity index is 1.36. The van der Waals surface area contributed by atoms with Crippen molar-refractivity contribution >= 4 is 33.3 Å². The number of piperidine rings is 1. The van der Waals surface area contributed by atoms with Crippen LogP contribution in [0.5, 0.6) is 0 Å². The highest BCUT2D eigenvalue weighted by molar-refractivity contribution is 7.18. The molecule has 148 valence electrons. The first kappa shape index (κ1) is 19.1. The Bertz CT molecular complexity index is 922. The number of benzene rings is 1. The van der Waals surface area contributed by atoms with Crippen molar-refractivity contribution in [2.45, 2.75) is 51.6 Å². The van der Waals surface area contributed by atoms with Gasteiger partial charge in [-0.3, -0.25) is 9.69 Å². The van der Waals surface area contributed by atoms with Gasteiger partial charge in [0.05, 0.1) is 27.5 Å². The van der Waals surface area contributed by atoms with Gasteiger partial charge in [-0.1, -0.05) is 12.1 Å². The van der Waals surface area contributed by atoms with E-state index in [1.54, 1.807) is 6.20 Å². The van der Waals surface area contributed by atoms with Gasteiger partial charge in [0.15, 0.2) is 0 Å². The second-order valence-electron chi connectivity index (χ2n) is 7.75. The van der Waals surface area contributed by atoms with Gasteiger partial charge in [-0.25, -0.2) is 9.67 Å². The van der Waals surface area contributed by atoms with Crippen LogP contribution < -0.4 is 5.32 Å². The SMILES string of the molecule is CC(C(=O)Nc1ccnn1C(C)C)N1CCC(c2nc3ccccc3s2)CC1. The molecule has 0 saturated carbocycles. The number of thiazole rings is 1. The van der Waals surface area contributed by atoms with Crippen molar-refractivity contribution in [2.24, 2.45) is 0 Å². The molecule has 28 heavy (non-hydrogen) atoms. The van der Waals surface area contributed by atoms with Gasteiger partial charge in [-0.05, 0) is 58.8 Å². The van der Waals surface area contributed by atoms with E-state index < -0.39 is 0 Å². The normalized spacial score (nSPS) is 17.3. The number of para-hydroxylation sites is 1. The topological polar surface area (TPSA) is 63.1 Å². The van der Waals surface area contributed by atoms with Crippen molar-refractivity contribution < 1.29 is 4.79 Å². The average Bonchev–Trinajstić information content (AvgIpc) is 3.34. The number of nitrogens with one attached hydrogen (secondary N) is 1. The second kappa shape index (κ2) is 8.01. The molecule has 3 aromatic rings. The molecule has 1 fully saturated rings. The monoisotopic (exact) mass is 397 g/mol. The Morgan fingerprint density at radius 1 is 1.18 bits per heavy atom. The maximum atomic E-state index is 12.7. The zero-order valence-corrected chi connectivity index (χ0v) is 17.4. The fourth-order valence-electron chi connectivity index (χ4n) is 3.82. The van der Waals surface area contributed by atoms with Gasteiger partial charge in [0.1, 0.15) is 5.82 Å². The highest BCUT2D eigenvalue weighted by Crippen LogP contribution is 2.34. The summed E-state index contributed by atoms with van der Waals surface area (Å²) in [6, 6.07) is 10.2. The van der Waals surface area contributed by atoms with Gasteiger partial charge >= 0.3 is 0 Å². The second-order valence-corrected chi connectivity index (χ2v) is 8.81. The predicted molar refractivity (Wildman–Crippen MR) is 114 cm³/mol. The number of carbonyl (C=O) groups is 1. The molecular weight excluding hydrogens is 370 g/mol. The summed E-state index contributed by atoms with van der Waals surface area (Å²) in [6.07, 6.45) is 3.81. The summed E-state index contributed by atoms with van der Waals surface area (Å²) in [6.45, 7) is 7.93. The minimum atomic E-state index is -0.160. The van der Waals surface area contributed by atoms with Gasteiger partial charge in [-0.2, -0.15) is 5.10 Å². The molecule has 0 bridgehead atoms. The van der Waals surface area contributed by atoms with E-state index in [4.69, 9.17) is 4.98 Å². The van der Waals surface area contributed by atoms with Gasteiger partial charge < -0.3 is 5.32 Å². The van der Waals surface area contributed by atoms with E-state index >= 15 is 0 Å². The van der Waals surface area contributed by atoms with Crippen LogP contribution in [0.4, 0.5) is 5.82 Å². The van der Waals surface area contributed by atoms with Crippen LogP contribution >= 0.6 is 11.3 Å². The zero-order valence-electron chi connectivity index (χ0n) is 16.6. The third-order valence-corrected chi connectivity index (χ3v) is 6.73. The molecule has 1 N–H and O–H groups in total. The van der Waals surface area contributed by atoms with Crippen LogP contribution in [0.1, 0.15) is 50.6 Å². The number of hydrogen-bond acceptors (Lipinski definition) is 5. The van der Waals surface area contributed by atoms with Crippen molar-refractivity contribution in [1.29, 1.82) is 0 Å². The molecule has 0 spiro atoms. The Morgan fingerprint density at radius 2 is 1.93 bits per heavy atom. The van der Waals surface area contributed by atoms with Crippen LogP contribution in [0.2, 0.25) is 0 Å². The van der Waals surface area contributed by atoms with E-state index in [0.717, 1.165) is 37.3 Å². The highest BCUT2D eigenvalue weighted by atomic mass is 32.1. The zero-order chi connectivity index (χ0) is 19.7. The maximum absolute atomic E-state index is 12.7. The molecule has 1 saturated heterocycles. The number of likely N-dealkylation sites (tertiary alicyclic amines) is 1. The number of rotatable bonds is 5. The number of anilines is 1. The number of amides is 1. The minimum Gasteiger partial charge on any atom is -0.310 e. The van der Waals surface area contributed by atoms with Crippen LogP contribution in [-0.4, -0.2) is 44.7 Å².